The molecule has 0 unspecified atom stereocenters. The molecule has 1 aromatic rings. The van der Waals surface area contributed by atoms with Crippen molar-refractivity contribution in [1.82, 2.24) is 0 Å². The average molecular weight is 231 g/mol. The van der Waals surface area contributed by atoms with Gasteiger partial charge in [0.25, 0.3) is 0 Å². The molecule has 2 bridgehead atoms. The Kier molecular flexibility index (Phi) is 2.83. The third-order valence-electron chi connectivity index (χ3n) is 4.86. The molecule has 2 aliphatic rings. The zero-order chi connectivity index (χ0) is 11.8. The van der Waals surface area contributed by atoms with Gasteiger partial charge in [0.1, 0.15) is 5.75 Å². The van der Waals surface area contributed by atoms with Crippen molar-refractivity contribution in [3.63, 3.8) is 0 Å². The molecule has 1 aromatic carbocycles. The predicted octanol–water partition coefficient (Wildman–Crippen LogP) is 2.78. The van der Waals surface area contributed by atoms with Crippen molar-refractivity contribution >= 4 is 0 Å². The van der Waals surface area contributed by atoms with Gasteiger partial charge in [-0.15, -0.1) is 0 Å². The Morgan fingerprint density at radius 1 is 1.18 bits per heavy atom. The Labute approximate surface area is 103 Å². The largest absolute Gasteiger partial charge is 0.497 e. The molecule has 92 valence electrons. The molecule has 2 nitrogen and oxygen atoms in total. The van der Waals surface area contributed by atoms with E-state index in [-0.39, 0.29) is 0 Å². The highest BCUT2D eigenvalue weighted by Gasteiger charge is 2.47. The van der Waals surface area contributed by atoms with Crippen LogP contribution in [0.4, 0.5) is 0 Å². The highest BCUT2D eigenvalue weighted by Crippen LogP contribution is 2.56. The first-order chi connectivity index (χ1) is 8.33. The van der Waals surface area contributed by atoms with Gasteiger partial charge < -0.3 is 10.5 Å². The highest BCUT2D eigenvalue weighted by atomic mass is 16.5. The van der Waals surface area contributed by atoms with Gasteiger partial charge in [0.05, 0.1) is 7.11 Å². The summed E-state index contributed by atoms with van der Waals surface area (Å²) in [6.07, 6.45) is 4.20. The van der Waals surface area contributed by atoms with Crippen LogP contribution in [0.1, 0.15) is 30.7 Å². The number of hydrogen-bond acceptors (Lipinski definition) is 2. The summed E-state index contributed by atoms with van der Waals surface area (Å²) in [7, 11) is 1.72. The summed E-state index contributed by atoms with van der Waals surface area (Å²) in [6.45, 7) is 0.845. The molecular weight excluding hydrogens is 210 g/mol. The molecular formula is C15H21NO. The summed E-state index contributed by atoms with van der Waals surface area (Å²) in [5.74, 6) is 4.12. The Morgan fingerprint density at radius 2 is 1.88 bits per heavy atom. The normalized spacial score (nSPS) is 35.2. The van der Waals surface area contributed by atoms with E-state index >= 15 is 0 Å². The molecule has 2 heteroatoms. The van der Waals surface area contributed by atoms with Gasteiger partial charge >= 0.3 is 0 Å². The standard InChI is InChI=1S/C15H21NO/c1-17-13-6-4-10(5-7-13)15-12-3-2-11(8-12)14(15)9-16/h4-7,11-12,14-15H,2-3,8-9,16H2,1H3/t11-,12+,14+,15+/m1/s1. The molecule has 0 aliphatic heterocycles. The van der Waals surface area contributed by atoms with Crippen LogP contribution in [0.5, 0.6) is 5.75 Å². The summed E-state index contributed by atoms with van der Waals surface area (Å²) < 4.78 is 5.22. The van der Waals surface area contributed by atoms with Crippen molar-refractivity contribution in [3.05, 3.63) is 29.8 Å². The maximum absolute atomic E-state index is 5.98. The van der Waals surface area contributed by atoms with Crippen molar-refractivity contribution < 1.29 is 4.74 Å². The van der Waals surface area contributed by atoms with Gasteiger partial charge in [-0.25, -0.2) is 0 Å². The average Bonchev–Trinajstić information content (AvgIpc) is 2.98. The van der Waals surface area contributed by atoms with E-state index in [9.17, 15) is 0 Å². The second kappa shape index (κ2) is 4.34. The van der Waals surface area contributed by atoms with Gasteiger partial charge in [0.2, 0.25) is 0 Å². The summed E-state index contributed by atoms with van der Waals surface area (Å²) in [5.41, 5.74) is 7.45. The van der Waals surface area contributed by atoms with E-state index < -0.39 is 0 Å². The number of methoxy groups -OCH3 is 1. The molecule has 0 heterocycles. The lowest BCUT2D eigenvalue weighted by Gasteiger charge is -2.30. The predicted molar refractivity (Wildman–Crippen MR) is 69.1 cm³/mol. The second-order valence-corrected chi connectivity index (χ2v) is 5.53. The monoisotopic (exact) mass is 231 g/mol. The number of benzene rings is 1. The molecule has 17 heavy (non-hydrogen) atoms. The van der Waals surface area contributed by atoms with Gasteiger partial charge in [0.15, 0.2) is 0 Å². The first-order valence-electron chi connectivity index (χ1n) is 6.67. The minimum absolute atomic E-state index is 0.699. The van der Waals surface area contributed by atoms with Crippen molar-refractivity contribution in [2.45, 2.75) is 25.2 Å². The molecule has 0 spiro atoms. The fourth-order valence-electron chi connectivity index (χ4n) is 4.10. The SMILES string of the molecule is COc1ccc([C@H]2[C@H]3CC[C@H](C3)[C@@H]2CN)cc1. The van der Waals surface area contributed by atoms with E-state index in [2.05, 4.69) is 24.3 Å². The molecule has 2 aliphatic carbocycles. The first-order valence-corrected chi connectivity index (χ1v) is 6.67. The fourth-order valence-corrected chi connectivity index (χ4v) is 4.10. The Balaban J connectivity index is 1.87. The zero-order valence-electron chi connectivity index (χ0n) is 10.4. The van der Waals surface area contributed by atoms with Crippen LogP contribution in [-0.2, 0) is 0 Å². The molecule has 2 fully saturated rings. The second-order valence-electron chi connectivity index (χ2n) is 5.53. The van der Waals surface area contributed by atoms with Crippen LogP contribution in [0.3, 0.4) is 0 Å². The Hall–Kier alpha value is -1.02. The summed E-state index contributed by atoms with van der Waals surface area (Å²) in [4.78, 5) is 0. The summed E-state index contributed by atoms with van der Waals surface area (Å²) in [6, 6.07) is 8.61. The Morgan fingerprint density at radius 3 is 2.53 bits per heavy atom. The van der Waals surface area contributed by atoms with Crippen LogP contribution in [0.25, 0.3) is 0 Å². The molecule has 4 atom stereocenters. The molecule has 0 radical (unpaired) electrons. The van der Waals surface area contributed by atoms with Crippen LogP contribution in [0, 0.1) is 17.8 Å². The third kappa shape index (κ3) is 1.75. The molecule has 3 rings (SSSR count). The lowest BCUT2D eigenvalue weighted by atomic mass is 9.75. The van der Waals surface area contributed by atoms with E-state index in [0.717, 1.165) is 24.1 Å². The lowest BCUT2D eigenvalue weighted by Crippen LogP contribution is -2.27. The smallest absolute Gasteiger partial charge is 0.118 e. The van der Waals surface area contributed by atoms with E-state index in [1.807, 2.05) is 0 Å². The van der Waals surface area contributed by atoms with Gasteiger partial charge in [-0.05, 0) is 67.2 Å². The third-order valence-corrected chi connectivity index (χ3v) is 4.86. The lowest BCUT2D eigenvalue weighted by molar-refractivity contribution is 0.295. The van der Waals surface area contributed by atoms with Crippen LogP contribution in [0.2, 0.25) is 0 Å². The highest BCUT2D eigenvalue weighted by molar-refractivity contribution is 5.31. The van der Waals surface area contributed by atoms with Gasteiger partial charge in [-0.3, -0.25) is 0 Å². The van der Waals surface area contributed by atoms with E-state index in [1.165, 1.54) is 24.8 Å². The van der Waals surface area contributed by atoms with Crippen LogP contribution in [-0.4, -0.2) is 13.7 Å². The van der Waals surface area contributed by atoms with Gasteiger partial charge in [0, 0.05) is 0 Å². The molecule has 0 saturated heterocycles. The van der Waals surface area contributed by atoms with Crippen molar-refractivity contribution in [3.8, 4) is 5.75 Å². The Bertz CT molecular complexity index is 386. The fraction of sp³-hybridized carbons (Fsp3) is 0.600. The van der Waals surface area contributed by atoms with Crippen LogP contribution >= 0.6 is 0 Å². The number of fused-ring (bicyclic) bond motifs is 2. The van der Waals surface area contributed by atoms with E-state index in [0.29, 0.717) is 11.8 Å². The van der Waals surface area contributed by atoms with E-state index in [4.69, 9.17) is 10.5 Å². The first kappa shape index (κ1) is 11.1. The van der Waals surface area contributed by atoms with Crippen molar-refractivity contribution in [2.75, 3.05) is 13.7 Å². The van der Waals surface area contributed by atoms with Crippen LogP contribution in [0.15, 0.2) is 24.3 Å². The van der Waals surface area contributed by atoms with Gasteiger partial charge in [-0.1, -0.05) is 12.1 Å². The molecule has 2 saturated carbocycles. The summed E-state index contributed by atoms with van der Waals surface area (Å²) in [5, 5.41) is 0. The maximum Gasteiger partial charge on any atom is 0.118 e. The topological polar surface area (TPSA) is 35.2 Å². The minimum Gasteiger partial charge on any atom is -0.497 e. The minimum atomic E-state index is 0.699. The molecule has 0 aromatic heterocycles. The number of ether oxygens (including phenoxy) is 1. The van der Waals surface area contributed by atoms with Crippen molar-refractivity contribution in [1.29, 1.82) is 0 Å². The van der Waals surface area contributed by atoms with Crippen LogP contribution < -0.4 is 10.5 Å². The van der Waals surface area contributed by atoms with Crippen molar-refractivity contribution in [2.24, 2.45) is 23.5 Å². The van der Waals surface area contributed by atoms with E-state index in [1.54, 1.807) is 7.11 Å². The number of rotatable bonds is 3. The maximum atomic E-state index is 5.98. The zero-order valence-corrected chi connectivity index (χ0v) is 10.4. The van der Waals surface area contributed by atoms with Gasteiger partial charge in [-0.2, -0.15) is 0 Å². The quantitative estimate of drug-likeness (QED) is 0.868. The number of nitrogens with two attached hydrogens (primary N) is 1. The summed E-state index contributed by atoms with van der Waals surface area (Å²) >= 11 is 0. The number of hydrogen-bond donors (Lipinski definition) is 1. The molecule has 2 N–H and O–H groups in total. The molecule has 0 amide bonds.